The third-order valence-corrected chi connectivity index (χ3v) is 5.51. The van der Waals surface area contributed by atoms with E-state index in [0.29, 0.717) is 5.69 Å². The number of thiazole rings is 1. The fourth-order valence-corrected chi connectivity index (χ4v) is 3.91. The average molecular weight is 379 g/mol. The molecule has 0 saturated carbocycles. The number of carbonyl (C=O) groups excluding carboxylic acids is 1. The van der Waals surface area contributed by atoms with Gasteiger partial charge in [0.15, 0.2) is 10.8 Å². The number of amides is 1. The number of benzene rings is 1. The molecule has 1 amide bonds. The normalized spacial score (nSPS) is 14.1. The van der Waals surface area contributed by atoms with Gasteiger partial charge in [0.05, 0.1) is 5.69 Å². The van der Waals surface area contributed by atoms with Crippen LogP contribution in [-0.2, 0) is 7.05 Å². The molecule has 1 aliphatic heterocycles. The van der Waals surface area contributed by atoms with Crippen molar-refractivity contribution in [3.8, 4) is 0 Å². The highest BCUT2D eigenvalue weighted by molar-refractivity contribution is 7.13. The highest BCUT2D eigenvalue weighted by Gasteiger charge is 2.21. The molecule has 27 heavy (non-hydrogen) atoms. The van der Waals surface area contributed by atoms with Crippen LogP contribution >= 0.6 is 11.3 Å². The molecular formula is C20H21N5OS. The summed E-state index contributed by atoms with van der Waals surface area (Å²) in [5.41, 5.74) is 4.38. The summed E-state index contributed by atoms with van der Waals surface area (Å²) in [6.45, 7) is 3.70. The number of aromatic nitrogens is 3. The molecule has 0 saturated heterocycles. The molecule has 7 heteroatoms. The van der Waals surface area contributed by atoms with E-state index in [9.17, 15) is 4.79 Å². The molecule has 1 N–H and O–H groups in total. The third-order valence-electron chi connectivity index (χ3n) is 4.68. The van der Waals surface area contributed by atoms with Crippen molar-refractivity contribution in [1.29, 1.82) is 0 Å². The predicted octanol–water partition coefficient (Wildman–Crippen LogP) is 3.73. The highest BCUT2D eigenvalue weighted by atomic mass is 32.1. The van der Waals surface area contributed by atoms with Gasteiger partial charge in [0.25, 0.3) is 5.91 Å². The zero-order valence-corrected chi connectivity index (χ0v) is 16.2. The molecule has 0 spiro atoms. The molecule has 0 atom stereocenters. The molecule has 4 rings (SSSR count). The van der Waals surface area contributed by atoms with E-state index in [1.165, 1.54) is 5.57 Å². The molecular weight excluding hydrogens is 358 g/mol. The van der Waals surface area contributed by atoms with Crippen molar-refractivity contribution in [2.75, 3.05) is 23.3 Å². The number of hydrogen-bond acceptors (Lipinski definition) is 5. The number of para-hydroxylation sites is 1. The molecule has 0 radical (unpaired) electrons. The maximum absolute atomic E-state index is 12.6. The van der Waals surface area contributed by atoms with Crippen LogP contribution in [0.25, 0.3) is 5.57 Å². The van der Waals surface area contributed by atoms with Crippen LogP contribution in [0.5, 0.6) is 0 Å². The van der Waals surface area contributed by atoms with Gasteiger partial charge >= 0.3 is 0 Å². The van der Waals surface area contributed by atoms with Gasteiger partial charge in [0, 0.05) is 37.4 Å². The number of nitrogens with zero attached hydrogens (tertiary/aromatic N) is 4. The van der Waals surface area contributed by atoms with Crippen molar-refractivity contribution in [1.82, 2.24) is 14.8 Å². The third kappa shape index (κ3) is 3.64. The fourth-order valence-electron chi connectivity index (χ4n) is 3.24. The minimum atomic E-state index is -0.195. The lowest BCUT2D eigenvalue weighted by molar-refractivity contribution is 0.102. The number of nitrogens with one attached hydrogen (secondary N) is 1. The number of carbonyl (C=O) groups is 1. The van der Waals surface area contributed by atoms with Crippen LogP contribution < -0.4 is 10.2 Å². The topological polar surface area (TPSA) is 63.1 Å². The smallest absolute Gasteiger partial charge is 0.276 e. The number of anilines is 2. The van der Waals surface area contributed by atoms with Gasteiger partial charge in [-0.25, -0.2) is 4.98 Å². The van der Waals surface area contributed by atoms with Gasteiger partial charge in [-0.2, -0.15) is 5.10 Å². The van der Waals surface area contributed by atoms with Crippen molar-refractivity contribution >= 4 is 33.6 Å². The first-order valence-electron chi connectivity index (χ1n) is 8.86. The molecule has 3 aromatic rings. The van der Waals surface area contributed by atoms with E-state index in [1.807, 2.05) is 55.9 Å². The van der Waals surface area contributed by atoms with Gasteiger partial charge < -0.3 is 10.2 Å². The Bertz CT molecular complexity index is 990. The fraction of sp³-hybridized carbons (Fsp3) is 0.250. The number of aryl methyl sites for hydroxylation is 2. The van der Waals surface area contributed by atoms with Crippen molar-refractivity contribution in [3.05, 3.63) is 64.9 Å². The zero-order chi connectivity index (χ0) is 18.8. The second-order valence-electron chi connectivity index (χ2n) is 6.56. The lowest BCUT2D eigenvalue weighted by atomic mass is 10.1. The predicted molar refractivity (Wildman–Crippen MR) is 109 cm³/mol. The van der Waals surface area contributed by atoms with Crippen LogP contribution in [0.15, 0.2) is 48.0 Å². The summed E-state index contributed by atoms with van der Waals surface area (Å²) in [5.74, 6) is -0.195. The molecule has 138 valence electrons. The zero-order valence-electron chi connectivity index (χ0n) is 15.3. The van der Waals surface area contributed by atoms with E-state index >= 15 is 0 Å². The van der Waals surface area contributed by atoms with E-state index < -0.39 is 0 Å². The maximum Gasteiger partial charge on any atom is 0.276 e. The summed E-state index contributed by atoms with van der Waals surface area (Å²) in [5, 5.41) is 10.4. The Labute approximate surface area is 162 Å². The molecule has 0 fully saturated rings. The molecule has 0 unspecified atom stereocenters. The van der Waals surface area contributed by atoms with E-state index in [1.54, 1.807) is 16.0 Å². The Hall–Kier alpha value is -2.93. The number of hydrogen-bond donors (Lipinski definition) is 1. The van der Waals surface area contributed by atoms with Crippen LogP contribution in [0.3, 0.4) is 0 Å². The lowest BCUT2D eigenvalue weighted by Crippen LogP contribution is -2.29. The van der Waals surface area contributed by atoms with E-state index in [-0.39, 0.29) is 5.91 Å². The quantitative estimate of drug-likeness (QED) is 0.750. The molecule has 1 aliphatic rings. The van der Waals surface area contributed by atoms with Gasteiger partial charge in [0.2, 0.25) is 0 Å². The Morgan fingerprint density at radius 2 is 2.15 bits per heavy atom. The first kappa shape index (κ1) is 17.5. The summed E-state index contributed by atoms with van der Waals surface area (Å²) in [7, 11) is 1.88. The Morgan fingerprint density at radius 1 is 1.30 bits per heavy atom. The summed E-state index contributed by atoms with van der Waals surface area (Å²) >= 11 is 1.64. The molecule has 6 nitrogen and oxygen atoms in total. The highest BCUT2D eigenvalue weighted by Crippen LogP contribution is 2.27. The van der Waals surface area contributed by atoms with Crippen molar-refractivity contribution < 1.29 is 4.79 Å². The van der Waals surface area contributed by atoms with Crippen molar-refractivity contribution in [3.63, 3.8) is 0 Å². The largest absolute Gasteiger partial charge is 0.343 e. The lowest BCUT2D eigenvalue weighted by Gasteiger charge is -2.26. The summed E-state index contributed by atoms with van der Waals surface area (Å²) < 4.78 is 1.78. The summed E-state index contributed by atoms with van der Waals surface area (Å²) in [6.07, 6.45) is 5.01. The van der Waals surface area contributed by atoms with Gasteiger partial charge in [-0.1, -0.05) is 24.3 Å². The van der Waals surface area contributed by atoms with Crippen molar-refractivity contribution in [2.45, 2.75) is 13.3 Å². The number of rotatable bonds is 4. The average Bonchev–Trinajstić information content (AvgIpc) is 3.34. The molecule has 3 heterocycles. The van der Waals surface area contributed by atoms with E-state index in [4.69, 9.17) is 0 Å². The Morgan fingerprint density at radius 3 is 2.93 bits per heavy atom. The second kappa shape index (κ2) is 7.36. The minimum absolute atomic E-state index is 0.195. The maximum atomic E-state index is 12.6. The Kier molecular flexibility index (Phi) is 4.77. The van der Waals surface area contributed by atoms with Crippen LogP contribution in [0.4, 0.5) is 10.8 Å². The SMILES string of the molecule is Cc1ccccc1NC(=O)c1cc(C2=CCCN(c3nccs3)C2)n(C)n1. The van der Waals surface area contributed by atoms with Crippen molar-refractivity contribution in [2.24, 2.45) is 7.05 Å². The van der Waals surface area contributed by atoms with Gasteiger partial charge in [-0.05, 0) is 36.6 Å². The minimum Gasteiger partial charge on any atom is -0.343 e. The van der Waals surface area contributed by atoms with Gasteiger partial charge in [-0.15, -0.1) is 11.3 Å². The Balaban J connectivity index is 1.54. The molecule has 2 aromatic heterocycles. The van der Waals surface area contributed by atoms with Gasteiger partial charge in [-0.3, -0.25) is 9.48 Å². The first-order chi connectivity index (χ1) is 13.1. The van der Waals surface area contributed by atoms with Crippen LogP contribution in [0.1, 0.15) is 28.2 Å². The standard InChI is InChI=1S/C20H21N5OS/c1-14-6-3-4-8-16(14)22-19(26)17-12-18(24(2)23-17)15-7-5-10-25(13-15)20-21-9-11-27-20/h3-4,6-9,11-12H,5,10,13H2,1-2H3,(H,22,26). The molecule has 1 aromatic carbocycles. The van der Waals surface area contributed by atoms with Crippen LogP contribution in [0, 0.1) is 6.92 Å². The second-order valence-corrected chi connectivity index (χ2v) is 7.43. The first-order valence-corrected chi connectivity index (χ1v) is 9.74. The van der Waals surface area contributed by atoms with Crippen LogP contribution in [-0.4, -0.2) is 33.8 Å². The van der Waals surface area contributed by atoms with Crippen LogP contribution in [0.2, 0.25) is 0 Å². The molecule has 0 bridgehead atoms. The summed E-state index contributed by atoms with van der Waals surface area (Å²) in [6, 6.07) is 9.59. The monoisotopic (exact) mass is 379 g/mol. The van der Waals surface area contributed by atoms with Gasteiger partial charge in [0.1, 0.15) is 0 Å². The van der Waals surface area contributed by atoms with E-state index in [2.05, 4.69) is 26.4 Å². The molecule has 0 aliphatic carbocycles. The summed E-state index contributed by atoms with van der Waals surface area (Å²) in [4.78, 5) is 19.3. The van der Waals surface area contributed by atoms with E-state index in [0.717, 1.165) is 41.6 Å².